The summed E-state index contributed by atoms with van der Waals surface area (Å²) in [6.45, 7) is 19.1. The van der Waals surface area contributed by atoms with Crippen LogP contribution in [0.15, 0.2) is 42.5 Å². The van der Waals surface area contributed by atoms with Crippen LogP contribution in [0.3, 0.4) is 0 Å². The average Bonchev–Trinajstić information content (AvgIpc) is 3.03. The van der Waals surface area contributed by atoms with Crippen molar-refractivity contribution in [2.45, 2.75) is 104 Å². The monoisotopic (exact) mass is 442 g/mol. The van der Waals surface area contributed by atoms with Gasteiger partial charge in [0.15, 0.2) is 8.32 Å². The van der Waals surface area contributed by atoms with Gasteiger partial charge in [-0.3, -0.25) is 0 Å². The Hall–Kier alpha value is -0.903. The molecule has 0 spiro atoms. The Morgan fingerprint density at radius 3 is 2.52 bits per heavy atom. The number of ether oxygens (including phenoxy) is 1. The lowest BCUT2D eigenvalue weighted by Gasteiger charge is -2.47. The van der Waals surface area contributed by atoms with Crippen LogP contribution in [0.1, 0.15) is 71.3 Å². The summed E-state index contributed by atoms with van der Waals surface area (Å²) in [6.07, 6.45) is 9.48. The zero-order valence-corrected chi connectivity index (χ0v) is 22.0. The van der Waals surface area contributed by atoms with Crippen LogP contribution in [-0.4, -0.2) is 20.5 Å². The molecule has 0 N–H and O–H groups in total. The van der Waals surface area contributed by atoms with Crippen molar-refractivity contribution in [3.05, 3.63) is 48.0 Å². The highest BCUT2D eigenvalue weighted by Gasteiger charge is 2.53. The highest BCUT2D eigenvalue weighted by molar-refractivity contribution is 6.69. The van der Waals surface area contributed by atoms with Crippen LogP contribution in [0.2, 0.25) is 19.6 Å². The summed E-state index contributed by atoms with van der Waals surface area (Å²) in [5.74, 6) is 2.16. The van der Waals surface area contributed by atoms with Gasteiger partial charge in [0.1, 0.15) is 0 Å². The SMILES string of the molecule is C=C(C)C[C@H](C[C@@H](C)[C@H]1CC[C@H]2[C@@H](OCc3ccccc3)CCC[C@]12C)O[Si](C)(C)C. The molecule has 0 bridgehead atoms. The molecule has 2 fully saturated rings. The molecule has 3 rings (SSSR count). The maximum Gasteiger partial charge on any atom is 0.184 e. The first kappa shape index (κ1) is 24.7. The maximum absolute atomic E-state index is 6.61. The molecule has 0 saturated heterocycles. The lowest BCUT2D eigenvalue weighted by atomic mass is 9.61. The Balaban J connectivity index is 1.65. The zero-order chi connectivity index (χ0) is 22.6. The van der Waals surface area contributed by atoms with E-state index in [1.807, 2.05) is 0 Å². The van der Waals surface area contributed by atoms with Crippen LogP contribution in [0.25, 0.3) is 0 Å². The summed E-state index contributed by atoms with van der Waals surface area (Å²) in [5, 5.41) is 0. The van der Waals surface area contributed by atoms with Gasteiger partial charge in [-0.05, 0) is 93.8 Å². The topological polar surface area (TPSA) is 18.5 Å². The fourth-order valence-electron chi connectivity index (χ4n) is 6.71. The second kappa shape index (κ2) is 10.4. The third-order valence-corrected chi connectivity index (χ3v) is 8.90. The number of hydrogen-bond donors (Lipinski definition) is 0. The normalized spacial score (nSPS) is 30.6. The highest BCUT2D eigenvalue weighted by Crippen LogP contribution is 2.59. The van der Waals surface area contributed by atoms with Gasteiger partial charge in [-0.15, -0.1) is 6.58 Å². The molecule has 31 heavy (non-hydrogen) atoms. The van der Waals surface area contributed by atoms with Crippen molar-refractivity contribution in [1.82, 2.24) is 0 Å². The molecule has 3 heteroatoms. The first-order valence-electron chi connectivity index (χ1n) is 12.6. The summed E-state index contributed by atoms with van der Waals surface area (Å²) in [5.41, 5.74) is 2.95. The second-order valence-electron chi connectivity index (χ2n) is 11.7. The van der Waals surface area contributed by atoms with E-state index in [1.54, 1.807) is 0 Å². The Labute approximate surface area is 192 Å². The van der Waals surface area contributed by atoms with Gasteiger partial charge in [-0.25, -0.2) is 0 Å². The quantitative estimate of drug-likeness (QED) is 0.270. The van der Waals surface area contributed by atoms with Gasteiger partial charge in [0.05, 0.1) is 12.7 Å². The van der Waals surface area contributed by atoms with Crippen molar-refractivity contribution in [3.63, 3.8) is 0 Å². The molecule has 2 aliphatic carbocycles. The fraction of sp³-hybridized carbons (Fsp3) is 0.714. The van der Waals surface area contributed by atoms with E-state index in [4.69, 9.17) is 9.16 Å². The summed E-state index contributed by atoms with van der Waals surface area (Å²) >= 11 is 0. The Morgan fingerprint density at radius 2 is 1.87 bits per heavy atom. The van der Waals surface area contributed by atoms with E-state index in [-0.39, 0.29) is 0 Å². The summed E-state index contributed by atoms with van der Waals surface area (Å²) in [6, 6.07) is 10.7. The molecule has 0 radical (unpaired) electrons. The van der Waals surface area contributed by atoms with Gasteiger partial charge >= 0.3 is 0 Å². The van der Waals surface area contributed by atoms with E-state index in [1.165, 1.54) is 49.7 Å². The molecule has 6 atom stereocenters. The lowest BCUT2D eigenvalue weighted by Crippen LogP contribution is -2.43. The molecule has 0 amide bonds. The van der Waals surface area contributed by atoms with Gasteiger partial charge in [0, 0.05) is 6.10 Å². The van der Waals surface area contributed by atoms with Gasteiger partial charge in [-0.2, -0.15) is 0 Å². The molecule has 1 aromatic rings. The maximum atomic E-state index is 6.61. The molecule has 0 aliphatic heterocycles. The highest BCUT2D eigenvalue weighted by atomic mass is 28.4. The van der Waals surface area contributed by atoms with Crippen molar-refractivity contribution >= 4 is 8.32 Å². The van der Waals surface area contributed by atoms with Crippen LogP contribution in [0.5, 0.6) is 0 Å². The molecule has 0 heterocycles. The van der Waals surface area contributed by atoms with Crippen molar-refractivity contribution in [3.8, 4) is 0 Å². The summed E-state index contributed by atoms with van der Waals surface area (Å²) in [7, 11) is -1.56. The fourth-order valence-corrected chi connectivity index (χ4v) is 7.89. The Bertz CT molecular complexity index is 709. The Morgan fingerprint density at radius 1 is 1.16 bits per heavy atom. The largest absolute Gasteiger partial charge is 0.414 e. The van der Waals surface area contributed by atoms with Crippen molar-refractivity contribution < 1.29 is 9.16 Å². The summed E-state index contributed by atoms with van der Waals surface area (Å²) < 4.78 is 13.2. The minimum atomic E-state index is -1.56. The second-order valence-corrected chi connectivity index (χ2v) is 16.2. The smallest absolute Gasteiger partial charge is 0.184 e. The molecule has 2 saturated carbocycles. The molecular weight excluding hydrogens is 396 g/mol. The van der Waals surface area contributed by atoms with Crippen LogP contribution < -0.4 is 0 Å². The van der Waals surface area contributed by atoms with Crippen LogP contribution >= 0.6 is 0 Å². The molecule has 1 aromatic carbocycles. The average molecular weight is 443 g/mol. The molecule has 0 aromatic heterocycles. The number of hydrogen-bond acceptors (Lipinski definition) is 2. The van der Waals surface area contributed by atoms with Crippen molar-refractivity contribution in [1.29, 1.82) is 0 Å². The standard InChI is InChI=1S/C28H46O2Si/c1-21(2)18-24(30-31(5,6)7)19-22(3)25-15-16-26-27(14-11-17-28(25,26)4)29-20-23-12-9-8-10-13-23/h8-10,12-13,22,24-27H,1,11,14-20H2,2-7H3/t22-,24-,25-,26+,27+,28-/m1/s1. The van der Waals surface area contributed by atoms with Gasteiger partial charge in [0.25, 0.3) is 0 Å². The predicted octanol–water partition coefficient (Wildman–Crippen LogP) is 8.00. The van der Waals surface area contributed by atoms with E-state index in [2.05, 4.69) is 77.3 Å². The number of benzene rings is 1. The molecule has 0 unspecified atom stereocenters. The summed E-state index contributed by atoms with van der Waals surface area (Å²) in [4.78, 5) is 0. The molecule has 174 valence electrons. The minimum Gasteiger partial charge on any atom is -0.414 e. The third-order valence-electron chi connectivity index (χ3n) is 7.86. The van der Waals surface area contributed by atoms with Gasteiger partial charge < -0.3 is 9.16 Å². The molecule has 2 nitrogen and oxygen atoms in total. The van der Waals surface area contributed by atoms with Crippen molar-refractivity contribution in [2.75, 3.05) is 0 Å². The van der Waals surface area contributed by atoms with E-state index in [9.17, 15) is 0 Å². The van der Waals surface area contributed by atoms with Gasteiger partial charge in [0.2, 0.25) is 0 Å². The van der Waals surface area contributed by atoms with Crippen molar-refractivity contribution in [2.24, 2.45) is 23.2 Å². The van der Waals surface area contributed by atoms with E-state index in [0.717, 1.165) is 18.9 Å². The van der Waals surface area contributed by atoms with Crippen LogP contribution in [-0.2, 0) is 15.8 Å². The lowest BCUT2D eigenvalue weighted by molar-refractivity contribution is -0.0777. The van der Waals surface area contributed by atoms with E-state index < -0.39 is 8.32 Å². The Kier molecular flexibility index (Phi) is 8.26. The van der Waals surface area contributed by atoms with Crippen LogP contribution in [0.4, 0.5) is 0 Å². The number of fused-ring (bicyclic) bond motifs is 1. The third kappa shape index (κ3) is 6.55. The molecular formula is C28H46O2Si. The van der Waals surface area contributed by atoms with E-state index >= 15 is 0 Å². The van der Waals surface area contributed by atoms with E-state index in [0.29, 0.717) is 29.5 Å². The predicted molar refractivity (Wildman–Crippen MR) is 135 cm³/mol. The minimum absolute atomic E-state index is 0.329. The first-order chi connectivity index (χ1) is 14.6. The first-order valence-corrected chi connectivity index (χ1v) is 16.0. The zero-order valence-electron chi connectivity index (χ0n) is 21.0. The molecule has 2 aliphatic rings. The number of rotatable bonds is 10. The van der Waals surface area contributed by atoms with Gasteiger partial charge in [-0.1, -0.05) is 56.2 Å². The van der Waals surface area contributed by atoms with Crippen LogP contribution in [0, 0.1) is 23.2 Å².